The highest BCUT2D eigenvalue weighted by Crippen LogP contribution is 2.18. The van der Waals surface area contributed by atoms with Crippen molar-refractivity contribution < 1.29 is 9.53 Å². The van der Waals surface area contributed by atoms with Gasteiger partial charge in [0.05, 0.1) is 7.11 Å². The second-order valence-electron chi connectivity index (χ2n) is 7.05. The van der Waals surface area contributed by atoms with Crippen LogP contribution in [0.1, 0.15) is 41.8 Å². The van der Waals surface area contributed by atoms with Crippen LogP contribution in [0.4, 0.5) is 0 Å². The second-order valence-corrected chi connectivity index (χ2v) is 7.05. The van der Waals surface area contributed by atoms with Gasteiger partial charge in [-0.15, -0.1) is 0 Å². The van der Waals surface area contributed by atoms with E-state index in [0.29, 0.717) is 18.7 Å². The summed E-state index contributed by atoms with van der Waals surface area (Å²) in [5.41, 5.74) is 2.78. The fraction of sp³-hybridized carbons (Fsp3) is 0.391. The monoisotopic (exact) mass is 396 g/mol. The SMILES string of the molecule is CCC(C)NC(=O)c1cccc(CNC(=NC)N(C)Cc2ccccc2OC)c1. The van der Waals surface area contributed by atoms with E-state index in [2.05, 4.69) is 22.5 Å². The minimum absolute atomic E-state index is 0.0427. The van der Waals surface area contributed by atoms with Crippen LogP contribution in [0.25, 0.3) is 0 Å². The number of ether oxygens (including phenoxy) is 1. The second kappa shape index (κ2) is 11.1. The topological polar surface area (TPSA) is 66.0 Å². The fourth-order valence-corrected chi connectivity index (χ4v) is 2.96. The third-order valence-electron chi connectivity index (χ3n) is 4.80. The number of amides is 1. The quantitative estimate of drug-likeness (QED) is 0.530. The number of carbonyl (C=O) groups is 1. The minimum atomic E-state index is -0.0427. The molecule has 1 atom stereocenters. The van der Waals surface area contributed by atoms with Crippen molar-refractivity contribution in [2.75, 3.05) is 21.2 Å². The number of nitrogens with one attached hydrogen (secondary N) is 2. The molecule has 2 rings (SSSR count). The first kappa shape index (κ1) is 22.3. The first-order valence-electron chi connectivity index (χ1n) is 9.92. The number of hydrogen-bond acceptors (Lipinski definition) is 3. The molecule has 156 valence electrons. The first-order chi connectivity index (χ1) is 14.0. The van der Waals surface area contributed by atoms with E-state index < -0.39 is 0 Å². The van der Waals surface area contributed by atoms with Crippen LogP contribution in [-0.4, -0.2) is 44.0 Å². The Hall–Kier alpha value is -3.02. The van der Waals surface area contributed by atoms with Gasteiger partial charge >= 0.3 is 0 Å². The van der Waals surface area contributed by atoms with Gasteiger partial charge in [0.15, 0.2) is 5.96 Å². The molecule has 0 spiro atoms. The van der Waals surface area contributed by atoms with Crippen LogP contribution in [0.15, 0.2) is 53.5 Å². The molecule has 1 unspecified atom stereocenters. The van der Waals surface area contributed by atoms with Crippen LogP contribution in [0, 0.1) is 0 Å². The molecular formula is C23H32N4O2. The fourth-order valence-electron chi connectivity index (χ4n) is 2.96. The summed E-state index contributed by atoms with van der Waals surface area (Å²) < 4.78 is 5.44. The third-order valence-corrected chi connectivity index (χ3v) is 4.80. The molecule has 0 bridgehead atoms. The van der Waals surface area contributed by atoms with Gasteiger partial charge in [-0.1, -0.05) is 37.3 Å². The van der Waals surface area contributed by atoms with Crippen molar-refractivity contribution in [3.05, 3.63) is 65.2 Å². The lowest BCUT2D eigenvalue weighted by atomic mass is 10.1. The zero-order valence-electron chi connectivity index (χ0n) is 18.0. The molecular weight excluding hydrogens is 364 g/mol. The van der Waals surface area contributed by atoms with Crippen LogP contribution in [-0.2, 0) is 13.1 Å². The average Bonchev–Trinajstić information content (AvgIpc) is 2.74. The number of para-hydroxylation sites is 1. The van der Waals surface area contributed by atoms with E-state index in [4.69, 9.17) is 4.74 Å². The molecule has 6 nitrogen and oxygen atoms in total. The number of nitrogens with zero attached hydrogens (tertiary/aromatic N) is 2. The zero-order chi connectivity index (χ0) is 21.2. The minimum Gasteiger partial charge on any atom is -0.496 e. The van der Waals surface area contributed by atoms with Crippen molar-refractivity contribution >= 4 is 11.9 Å². The van der Waals surface area contributed by atoms with Crippen molar-refractivity contribution in [1.29, 1.82) is 0 Å². The maximum Gasteiger partial charge on any atom is 0.251 e. The van der Waals surface area contributed by atoms with E-state index in [1.165, 1.54) is 0 Å². The molecule has 0 fully saturated rings. The van der Waals surface area contributed by atoms with Crippen molar-refractivity contribution in [2.45, 2.75) is 39.4 Å². The average molecular weight is 397 g/mol. The zero-order valence-corrected chi connectivity index (χ0v) is 18.0. The summed E-state index contributed by atoms with van der Waals surface area (Å²) in [6.45, 7) is 5.30. The molecule has 0 aliphatic heterocycles. The number of rotatable bonds is 8. The Labute approximate surface area is 174 Å². The Morgan fingerprint density at radius 2 is 1.97 bits per heavy atom. The lowest BCUT2D eigenvalue weighted by Crippen LogP contribution is -2.38. The standard InChI is InChI=1S/C23H32N4O2/c1-6-17(2)26-22(28)19-12-9-10-18(14-19)15-25-23(24-3)27(4)16-20-11-7-8-13-21(20)29-5/h7-14,17H,6,15-16H2,1-5H3,(H,24,25)(H,26,28). The third kappa shape index (κ3) is 6.52. The van der Waals surface area contributed by atoms with Gasteiger partial charge in [-0.05, 0) is 37.1 Å². The van der Waals surface area contributed by atoms with Gasteiger partial charge in [-0.2, -0.15) is 0 Å². The van der Waals surface area contributed by atoms with Crippen LogP contribution >= 0.6 is 0 Å². The van der Waals surface area contributed by atoms with Gasteiger partial charge < -0.3 is 20.3 Å². The summed E-state index contributed by atoms with van der Waals surface area (Å²) in [7, 11) is 5.42. The van der Waals surface area contributed by atoms with Crippen molar-refractivity contribution in [2.24, 2.45) is 4.99 Å². The molecule has 29 heavy (non-hydrogen) atoms. The van der Waals surface area contributed by atoms with Crippen molar-refractivity contribution in [3.8, 4) is 5.75 Å². The molecule has 2 N–H and O–H groups in total. The molecule has 0 radical (unpaired) electrons. The summed E-state index contributed by atoms with van der Waals surface area (Å²) in [5, 5.41) is 6.37. The van der Waals surface area contributed by atoms with Crippen LogP contribution < -0.4 is 15.4 Å². The Balaban J connectivity index is 2.00. The number of carbonyl (C=O) groups excluding carboxylic acids is 1. The molecule has 0 aliphatic carbocycles. The van der Waals surface area contributed by atoms with E-state index in [-0.39, 0.29) is 11.9 Å². The molecule has 2 aromatic carbocycles. The Bertz CT molecular complexity index is 835. The number of benzene rings is 2. The summed E-state index contributed by atoms with van der Waals surface area (Å²) in [6.07, 6.45) is 0.905. The van der Waals surface area contributed by atoms with E-state index in [9.17, 15) is 4.79 Å². The predicted octanol–water partition coefficient (Wildman–Crippen LogP) is 3.43. The molecule has 1 amide bonds. The predicted molar refractivity (Wildman–Crippen MR) is 118 cm³/mol. The molecule has 0 heterocycles. The van der Waals surface area contributed by atoms with E-state index >= 15 is 0 Å². The number of hydrogen-bond donors (Lipinski definition) is 2. The molecule has 0 aromatic heterocycles. The van der Waals surface area contributed by atoms with Crippen LogP contribution in [0.3, 0.4) is 0 Å². The van der Waals surface area contributed by atoms with Gasteiger partial charge in [-0.3, -0.25) is 9.79 Å². The van der Waals surface area contributed by atoms with Gasteiger partial charge in [0.1, 0.15) is 5.75 Å². The Kier molecular flexibility index (Phi) is 8.52. The van der Waals surface area contributed by atoms with Crippen molar-refractivity contribution in [3.63, 3.8) is 0 Å². The Morgan fingerprint density at radius 3 is 2.66 bits per heavy atom. The van der Waals surface area contributed by atoms with E-state index in [0.717, 1.165) is 29.3 Å². The maximum atomic E-state index is 12.4. The highest BCUT2D eigenvalue weighted by atomic mass is 16.5. The molecule has 0 aliphatic rings. The van der Waals surface area contributed by atoms with Gasteiger partial charge in [0.25, 0.3) is 5.91 Å². The molecule has 0 saturated carbocycles. The Morgan fingerprint density at radius 1 is 1.21 bits per heavy atom. The first-order valence-corrected chi connectivity index (χ1v) is 9.92. The van der Waals surface area contributed by atoms with E-state index in [1.54, 1.807) is 14.2 Å². The normalized spacial score (nSPS) is 12.2. The van der Waals surface area contributed by atoms with Gasteiger partial charge in [-0.25, -0.2) is 0 Å². The smallest absolute Gasteiger partial charge is 0.251 e. The number of guanidine groups is 1. The highest BCUT2D eigenvalue weighted by molar-refractivity contribution is 5.94. The molecule has 6 heteroatoms. The van der Waals surface area contributed by atoms with Crippen LogP contribution in [0.5, 0.6) is 5.75 Å². The van der Waals surface area contributed by atoms with E-state index in [1.807, 2.05) is 67.4 Å². The number of aliphatic imine (C=N–C) groups is 1. The molecule has 2 aromatic rings. The van der Waals surface area contributed by atoms with Crippen molar-refractivity contribution in [1.82, 2.24) is 15.5 Å². The highest BCUT2D eigenvalue weighted by Gasteiger charge is 2.11. The summed E-state index contributed by atoms with van der Waals surface area (Å²) in [4.78, 5) is 18.8. The lowest BCUT2D eigenvalue weighted by Gasteiger charge is -2.23. The largest absolute Gasteiger partial charge is 0.496 e. The van der Waals surface area contributed by atoms with Gasteiger partial charge in [0.2, 0.25) is 0 Å². The molecule has 0 saturated heterocycles. The summed E-state index contributed by atoms with van der Waals surface area (Å²) in [5.74, 6) is 1.58. The summed E-state index contributed by atoms with van der Waals surface area (Å²) >= 11 is 0. The number of methoxy groups -OCH3 is 1. The summed E-state index contributed by atoms with van der Waals surface area (Å²) in [6, 6.07) is 15.8. The van der Waals surface area contributed by atoms with Gasteiger partial charge in [0, 0.05) is 44.4 Å². The van der Waals surface area contributed by atoms with Crippen LogP contribution in [0.2, 0.25) is 0 Å². The maximum absolute atomic E-state index is 12.4. The lowest BCUT2D eigenvalue weighted by molar-refractivity contribution is 0.0939.